The van der Waals surface area contributed by atoms with Gasteiger partial charge in [-0.25, -0.2) is 0 Å². The summed E-state index contributed by atoms with van der Waals surface area (Å²) in [6.07, 6.45) is 3.40. The van der Waals surface area contributed by atoms with Crippen molar-refractivity contribution >= 4 is 15.9 Å². The van der Waals surface area contributed by atoms with Crippen LogP contribution in [0.1, 0.15) is 18.5 Å². The van der Waals surface area contributed by atoms with Crippen molar-refractivity contribution in [3.63, 3.8) is 0 Å². The molecule has 1 unspecified atom stereocenters. The topological polar surface area (TPSA) is 44.2 Å². The Balaban J connectivity index is 2.05. The molecule has 0 N–H and O–H groups in total. The summed E-state index contributed by atoms with van der Waals surface area (Å²) < 4.78 is 11.4. The first-order valence-corrected chi connectivity index (χ1v) is 5.76. The highest BCUT2D eigenvalue weighted by Crippen LogP contribution is 2.23. The highest BCUT2D eigenvalue weighted by atomic mass is 79.9. The van der Waals surface area contributed by atoms with E-state index in [1.54, 1.807) is 7.11 Å². The first kappa shape index (κ1) is 10.8. The molecular formula is C10H13BrN2O2. The van der Waals surface area contributed by atoms with Gasteiger partial charge in [0.05, 0.1) is 23.4 Å². The van der Waals surface area contributed by atoms with Gasteiger partial charge in [0.25, 0.3) is 0 Å². The molecule has 2 heterocycles. The van der Waals surface area contributed by atoms with Gasteiger partial charge >= 0.3 is 0 Å². The maximum atomic E-state index is 5.54. The molecule has 0 aliphatic carbocycles. The molecule has 0 radical (unpaired) electrons. The molecule has 1 aliphatic rings. The molecule has 1 aromatic heterocycles. The Hall–Kier alpha value is -0.680. The van der Waals surface area contributed by atoms with E-state index >= 15 is 0 Å². The van der Waals surface area contributed by atoms with Gasteiger partial charge in [-0.15, -0.1) is 5.10 Å². The second-order valence-corrected chi connectivity index (χ2v) is 4.39. The zero-order chi connectivity index (χ0) is 10.7. The molecule has 0 aromatic carbocycles. The van der Waals surface area contributed by atoms with E-state index in [2.05, 4.69) is 26.1 Å². The second kappa shape index (κ2) is 4.90. The normalized spacial score (nSPS) is 20.5. The van der Waals surface area contributed by atoms with Gasteiger partial charge in [-0.1, -0.05) is 0 Å². The largest absolute Gasteiger partial charge is 0.479 e. The van der Waals surface area contributed by atoms with Crippen molar-refractivity contribution in [2.45, 2.75) is 25.4 Å². The van der Waals surface area contributed by atoms with Crippen LogP contribution in [-0.2, 0) is 11.2 Å². The molecule has 2 rings (SSSR count). The first-order chi connectivity index (χ1) is 7.29. The lowest BCUT2D eigenvalue weighted by Gasteiger charge is -2.08. The molecule has 82 valence electrons. The van der Waals surface area contributed by atoms with Crippen LogP contribution < -0.4 is 4.74 Å². The van der Waals surface area contributed by atoms with Crippen LogP contribution >= 0.6 is 15.9 Å². The van der Waals surface area contributed by atoms with Crippen LogP contribution in [0.4, 0.5) is 0 Å². The minimum absolute atomic E-state index is 0.305. The van der Waals surface area contributed by atoms with Gasteiger partial charge in [0.2, 0.25) is 5.88 Å². The molecule has 15 heavy (non-hydrogen) atoms. The zero-order valence-corrected chi connectivity index (χ0v) is 10.2. The lowest BCUT2D eigenvalue weighted by molar-refractivity contribution is 0.110. The Morgan fingerprint density at radius 1 is 1.60 bits per heavy atom. The average Bonchev–Trinajstić information content (AvgIpc) is 2.71. The first-order valence-electron chi connectivity index (χ1n) is 4.97. The van der Waals surface area contributed by atoms with Gasteiger partial charge in [-0.2, -0.15) is 5.10 Å². The Morgan fingerprint density at radius 3 is 3.07 bits per heavy atom. The highest BCUT2D eigenvalue weighted by Gasteiger charge is 2.17. The predicted octanol–water partition coefficient (Wildman–Crippen LogP) is 1.97. The fraction of sp³-hybridized carbons (Fsp3) is 0.600. The standard InChI is InChI=1S/C10H13BrN2O2/c1-14-10-9(11)6-7(12-13-10)5-8-3-2-4-15-8/h6,8H,2-5H2,1H3. The van der Waals surface area contributed by atoms with Gasteiger partial charge in [0.15, 0.2) is 0 Å². The molecule has 0 bridgehead atoms. The summed E-state index contributed by atoms with van der Waals surface area (Å²) in [6, 6.07) is 1.94. The van der Waals surface area contributed by atoms with Crippen LogP contribution in [0.5, 0.6) is 5.88 Å². The van der Waals surface area contributed by atoms with E-state index < -0.39 is 0 Å². The third-order valence-electron chi connectivity index (χ3n) is 2.42. The Kier molecular flexibility index (Phi) is 3.53. The lowest BCUT2D eigenvalue weighted by Crippen LogP contribution is -2.10. The Bertz CT molecular complexity index is 340. The Labute approximate surface area is 97.1 Å². The maximum Gasteiger partial charge on any atom is 0.247 e. The summed E-state index contributed by atoms with van der Waals surface area (Å²) >= 11 is 3.39. The van der Waals surface area contributed by atoms with E-state index in [1.807, 2.05) is 6.07 Å². The van der Waals surface area contributed by atoms with Gasteiger partial charge in [0.1, 0.15) is 0 Å². The molecule has 0 amide bonds. The summed E-state index contributed by atoms with van der Waals surface area (Å²) in [4.78, 5) is 0. The van der Waals surface area contributed by atoms with Crippen molar-refractivity contribution in [2.75, 3.05) is 13.7 Å². The minimum atomic E-state index is 0.305. The summed E-state index contributed by atoms with van der Waals surface area (Å²) in [5.74, 6) is 0.520. The minimum Gasteiger partial charge on any atom is -0.479 e. The van der Waals surface area contributed by atoms with Crippen LogP contribution in [0.15, 0.2) is 10.5 Å². The molecule has 4 nitrogen and oxygen atoms in total. The van der Waals surface area contributed by atoms with Crippen molar-refractivity contribution in [2.24, 2.45) is 0 Å². The number of halogens is 1. The molecule has 1 aliphatic heterocycles. The molecule has 1 fully saturated rings. The Morgan fingerprint density at radius 2 is 2.47 bits per heavy atom. The molecule has 0 spiro atoms. The van der Waals surface area contributed by atoms with E-state index in [0.29, 0.717) is 12.0 Å². The van der Waals surface area contributed by atoms with E-state index in [-0.39, 0.29) is 0 Å². The number of rotatable bonds is 3. The van der Waals surface area contributed by atoms with Crippen molar-refractivity contribution in [1.82, 2.24) is 10.2 Å². The van der Waals surface area contributed by atoms with Crippen LogP contribution in [0.25, 0.3) is 0 Å². The highest BCUT2D eigenvalue weighted by molar-refractivity contribution is 9.10. The number of ether oxygens (including phenoxy) is 2. The van der Waals surface area contributed by atoms with Crippen molar-refractivity contribution < 1.29 is 9.47 Å². The summed E-state index contributed by atoms with van der Waals surface area (Å²) in [7, 11) is 1.58. The predicted molar refractivity (Wildman–Crippen MR) is 59.0 cm³/mol. The fourth-order valence-electron chi connectivity index (χ4n) is 1.67. The number of nitrogens with zero attached hydrogens (tertiary/aromatic N) is 2. The SMILES string of the molecule is COc1nnc(CC2CCCO2)cc1Br. The smallest absolute Gasteiger partial charge is 0.247 e. The molecule has 5 heteroatoms. The van der Waals surface area contributed by atoms with Gasteiger partial charge in [-0.05, 0) is 34.8 Å². The fourth-order valence-corrected chi connectivity index (χ4v) is 2.18. The average molecular weight is 273 g/mol. The number of aromatic nitrogens is 2. The third-order valence-corrected chi connectivity index (χ3v) is 2.99. The van der Waals surface area contributed by atoms with Crippen LogP contribution in [0.3, 0.4) is 0 Å². The van der Waals surface area contributed by atoms with Crippen LogP contribution in [-0.4, -0.2) is 30.0 Å². The number of hydrogen-bond acceptors (Lipinski definition) is 4. The molecule has 1 saturated heterocycles. The summed E-state index contributed by atoms with van der Waals surface area (Å²) in [5, 5.41) is 8.05. The van der Waals surface area contributed by atoms with Gasteiger partial charge in [0, 0.05) is 13.0 Å². The van der Waals surface area contributed by atoms with E-state index in [0.717, 1.165) is 36.0 Å². The van der Waals surface area contributed by atoms with Gasteiger partial charge in [-0.3, -0.25) is 0 Å². The van der Waals surface area contributed by atoms with Crippen molar-refractivity contribution in [3.8, 4) is 5.88 Å². The zero-order valence-electron chi connectivity index (χ0n) is 8.57. The van der Waals surface area contributed by atoms with Crippen molar-refractivity contribution in [1.29, 1.82) is 0 Å². The maximum absolute atomic E-state index is 5.54. The quantitative estimate of drug-likeness (QED) is 0.844. The van der Waals surface area contributed by atoms with Crippen molar-refractivity contribution in [3.05, 3.63) is 16.2 Å². The second-order valence-electron chi connectivity index (χ2n) is 3.53. The monoisotopic (exact) mass is 272 g/mol. The molecule has 1 aromatic rings. The van der Waals surface area contributed by atoms with Crippen LogP contribution in [0, 0.1) is 0 Å². The van der Waals surface area contributed by atoms with E-state index in [4.69, 9.17) is 9.47 Å². The molecular weight excluding hydrogens is 260 g/mol. The van der Waals surface area contributed by atoms with Crippen LogP contribution in [0.2, 0.25) is 0 Å². The van der Waals surface area contributed by atoms with Gasteiger partial charge < -0.3 is 9.47 Å². The molecule has 0 saturated carbocycles. The molecule has 1 atom stereocenters. The summed E-state index contributed by atoms with van der Waals surface area (Å²) in [6.45, 7) is 0.870. The lowest BCUT2D eigenvalue weighted by atomic mass is 10.1. The third kappa shape index (κ3) is 2.66. The number of hydrogen-bond donors (Lipinski definition) is 0. The number of methoxy groups -OCH3 is 1. The van der Waals surface area contributed by atoms with E-state index in [1.165, 1.54) is 0 Å². The van der Waals surface area contributed by atoms with E-state index in [9.17, 15) is 0 Å². The summed E-state index contributed by atoms with van der Waals surface area (Å²) in [5.41, 5.74) is 0.939.